The van der Waals surface area contributed by atoms with E-state index in [1.54, 1.807) is 0 Å². The molecule has 0 amide bonds. The van der Waals surface area contributed by atoms with Crippen molar-refractivity contribution in [1.82, 2.24) is 9.97 Å². The van der Waals surface area contributed by atoms with Gasteiger partial charge in [-0.2, -0.15) is 4.98 Å². The quantitative estimate of drug-likeness (QED) is 0.801. The Bertz CT molecular complexity index is 350. The Labute approximate surface area is 96.4 Å². The third-order valence-electron chi connectivity index (χ3n) is 2.53. The van der Waals surface area contributed by atoms with Crippen LogP contribution in [0.2, 0.25) is 0 Å². The van der Waals surface area contributed by atoms with Crippen LogP contribution in [-0.4, -0.2) is 23.1 Å². The predicted octanol–water partition coefficient (Wildman–Crippen LogP) is 2.40. The van der Waals surface area contributed by atoms with Gasteiger partial charge in [-0.15, -0.1) is 0 Å². The van der Waals surface area contributed by atoms with E-state index in [9.17, 15) is 0 Å². The van der Waals surface area contributed by atoms with Crippen molar-refractivity contribution in [1.29, 1.82) is 0 Å². The minimum absolute atomic E-state index is 0.674. The largest absolute Gasteiger partial charge is 0.478 e. The zero-order valence-electron chi connectivity index (χ0n) is 9.99. The maximum Gasteiger partial charge on any atom is 0.226 e. The maximum atomic E-state index is 5.51. The summed E-state index contributed by atoms with van der Waals surface area (Å²) >= 11 is 0. The second-order valence-corrected chi connectivity index (χ2v) is 4.34. The van der Waals surface area contributed by atoms with E-state index < -0.39 is 0 Å². The van der Waals surface area contributed by atoms with Gasteiger partial charge in [0.2, 0.25) is 11.8 Å². The molecule has 1 heterocycles. The van der Waals surface area contributed by atoms with Gasteiger partial charge in [0.25, 0.3) is 0 Å². The highest BCUT2D eigenvalue weighted by atomic mass is 16.5. The van der Waals surface area contributed by atoms with Crippen LogP contribution in [0.4, 0.5) is 5.95 Å². The number of hydrogen-bond acceptors (Lipinski definition) is 4. The van der Waals surface area contributed by atoms with Crippen LogP contribution in [0.15, 0.2) is 6.07 Å². The van der Waals surface area contributed by atoms with Crippen LogP contribution in [0.5, 0.6) is 5.88 Å². The van der Waals surface area contributed by atoms with Crippen molar-refractivity contribution >= 4 is 5.95 Å². The SMILES string of the molecule is CCCOc1cc(C)nc(NCC2CC2)n1. The number of nitrogens with zero attached hydrogens (tertiary/aromatic N) is 2. The Morgan fingerprint density at radius 2 is 2.25 bits per heavy atom. The first-order valence-electron chi connectivity index (χ1n) is 6.00. The van der Waals surface area contributed by atoms with Crippen LogP contribution in [0.1, 0.15) is 31.9 Å². The van der Waals surface area contributed by atoms with Crippen LogP contribution < -0.4 is 10.1 Å². The lowest BCUT2D eigenvalue weighted by atomic mass is 10.4. The normalized spacial score (nSPS) is 14.9. The van der Waals surface area contributed by atoms with Gasteiger partial charge in [0.1, 0.15) is 0 Å². The lowest BCUT2D eigenvalue weighted by Crippen LogP contribution is -2.09. The lowest BCUT2D eigenvalue weighted by Gasteiger charge is -2.08. The summed E-state index contributed by atoms with van der Waals surface area (Å²) in [6.45, 7) is 5.73. The molecule has 1 saturated carbocycles. The van der Waals surface area contributed by atoms with Crippen molar-refractivity contribution in [2.45, 2.75) is 33.1 Å². The standard InChI is InChI=1S/C12H19N3O/c1-3-6-16-11-7-9(2)14-12(15-11)13-8-10-4-5-10/h7,10H,3-6,8H2,1-2H3,(H,13,14,15). The van der Waals surface area contributed by atoms with E-state index in [0.717, 1.165) is 24.6 Å². The first kappa shape index (κ1) is 11.2. The topological polar surface area (TPSA) is 47.0 Å². The molecular weight excluding hydrogens is 202 g/mol. The number of hydrogen-bond donors (Lipinski definition) is 1. The van der Waals surface area contributed by atoms with Gasteiger partial charge in [-0.1, -0.05) is 6.92 Å². The molecule has 0 spiro atoms. The average molecular weight is 221 g/mol. The molecule has 1 aromatic rings. The summed E-state index contributed by atoms with van der Waals surface area (Å²) in [7, 11) is 0. The fourth-order valence-electron chi connectivity index (χ4n) is 1.46. The van der Waals surface area contributed by atoms with E-state index in [0.29, 0.717) is 18.4 Å². The number of ether oxygens (including phenoxy) is 1. The second-order valence-electron chi connectivity index (χ2n) is 4.34. The van der Waals surface area contributed by atoms with Crippen molar-refractivity contribution in [3.05, 3.63) is 11.8 Å². The summed E-state index contributed by atoms with van der Waals surface area (Å²) in [4.78, 5) is 8.67. The van der Waals surface area contributed by atoms with Crippen molar-refractivity contribution < 1.29 is 4.74 Å². The zero-order chi connectivity index (χ0) is 11.4. The fraction of sp³-hybridized carbons (Fsp3) is 0.667. The summed E-state index contributed by atoms with van der Waals surface area (Å²) in [5.74, 6) is 2.19. The first-order chi connectivity index (χ1) is 7.78. The van der Waals surface area contributed by atoms with E-state index >= 15 is 0 Å². The molecule has 1 fully saturated rings. The molecule has 2 rings (SSSR count). The minimum atomic E-state index is 0.674. The number of nitrogens with one attached hydrogen (secondary N) is 1. The molecule has 0 bridgehead atoms. The summed E-state index contributed by atoms with van der Waals surface area (Å²) in [6, 6.07) is 1.87. The molecule has 1 aliphatic rings. The van der Waals surface area contributed by atoms with Crippen molar-refractivity contribution in [2.75, 3.05) is 18.5 Å². The Kier molecular flexibility index (Phi) is 3.59. The van der Waals surface area contributed by atoms with Crippen molar-refractivity contribution in [3.8, 4) is 5.88 Å². The van der Waals surface area contributed by atoms with E-state index in [-0.39, 0.29) is 0 Å². The molecule has 4 nitrogen and oxygen atoms in total. The fourth-order valence-corrected chi connectivity index (χ4v) is 1.46. The third kappa shape index (κ3) is 3.36. The van der Waals surface area contributed by atoms with Gasteiger partial charge in [-0.05, 0) is 32.1 Å². The first-order valence-corrected chi connectivity index (χ1v) is 6.00. The summed E-state index contributed by atoms with van der Waals surface area (Å²) in [5, 5.41) is 3.26. The monoisotopic (exact) mass is 221 g/mol. The van der Waals surface area contributed by atoms with E-state index in [2.05, 4.69) is 22.2 Å². The van der Waals surface area contributed by atoms with Crippen molar-refractivity contribution in [3.63, 3.8) is 0 Å². The highest BCUT2D eigenvalue weighted by Crippen LogP contribution is 2.28. The molecule has 1 aliphatic carbocycles. The average Bonchev–Trinajstić information content (AvgIpc) is 3.07. The summed E-state index contributed by atoms with van der Waals surface area (Å²) < 4.78 is 5.51. The van der Waals surface area contributed by atoms with Gasteiger partial charge in [0.05, 0.1) is 6.61 Å². The van der Waals surface area contributed by atoms with Crippen LogP contribution in [0.3, 0.4) is 0 Å². The zero-order valence-corrected chi connectivity index (χ0v) is 9.99. The smallest absolute Gasteiger partial charge is 0.226 e. The predicted molar refractivity (Wildman–Crippen MR) is 63.8 cm³/mol. The molecule has 0 radical (unpaired) electrons. The number of aryl methyl sites for hydroxylation is 1. The van der Waals surface area contributed by atoms with Gasteiger partial charge in [-0.25, -0.2) is 4.98 Å². The molecule has 4 heteroatoms. The van der Waals surface area contributed by atoms with Crippen LogP contribution in [-0.2, 0) is 0 Å². The third-order valence-corrected chi connectivity index (χ3v) is 2.53. The molecular formula is C12H19N3O. The molecule has 0 saturated heterocycles. The molecule has 0 unspecified atom stereocenters. The Morgan fingerprint density at radius 1 is 1.44 bits per heavy atom. The molecule has 88 valence electrons. The molecule has 0 atom stereocenters. The van der Waals surface area contributed by atoms with Gasteiger partial charge in [-0.3, -0.25) is 0 Å². The van der Waals surface area contributed by atoms with Crippen LogP contribution >= 0.6 is 0 Å². The number of rotatable bonds is 6. The summed E-state index contributed by atoms with van der Waals surface area (Å²) in [5.41, 5.74) is 0.944. The van der Waals surface area contributed by atoms with E-state index in [1.807, 2.05) is 13.0 Å². The number of anilines is 1. The van der Waals surface area contributed by atoms with E-state index in [1.165, 1.54) is 12.8 Å². The molecule has 1 N–H and O–H groups in total. The Balaban J connectivity index is 1.96. The van der Waals surface area contributed by atoms with Crippen LogP contribution in [0.25, 0.3) is 0 Å². The minimum Gasteiger partial charge on any atom is -0.478 e. The lowest BCUT2D eigenvalue weighted by molar-refractivity contribution is 0.305. The molecule has 0 aromatic carbocycles. The van der Waals surface area contributed by atoms with Gasteiger partial charge in [0.15, 0.2) is 0 Å². The van der Waals surface area contributed by atoms with Gasteiger partial charge < -0.3 is 10.1 Å². The van der Waals surface area contributed by atoms with Crippen molar-refractivity contribution in [2.24, 2.45) is 5.92 Å². The molecule has 0 aliphatic heterocycles. The molecule has 1 aromatic heterocycles. The Hall–Kier alpha value is -1.32. The Morgan fingerprint density at radius 3 is 2.94 bits per heavy atom. The highest BCUT2D eigenvalue weighted by Gasteiger charge is 2.21. The maximum absolute atomic E-state index is 5.51. The number of aromatic nitrogens is 2. The summed E-state index contributed by atoms with van der Waals surface area (Å²) in [6.07, 6.45) is 3.66. The van der Waals surface area contributed by atoms with E-state index in [4.69, 9.17) is 4.74 Å². The second kappa shape index (κ2) is 5.14. The molecule has 16 heavy (non-hydrogen) atoms. The van der Waals surface area contributed by atoms with Gasteiger partial charge in [0, 0.05) is 18.3 Å². The van der Waals surface area contributed by atoms with Gasteiger partial charge >= 0.3 is 0 Å². The highest BCUT2D eigenvalue weighted by molar-refractivity contribution is 5.30. The van der Waals surface area contributed by atoms with Crippen LogP contribution in [0, 0.1) is 12.8 Å².